The first kappa shape index (κ1) is 11.7. The van der Waals surface area contributed by atoms with Crippen LogP contribution in [0.1, 0.15) is 5.56 Å². The summed E-state index contributed by atoms with van der Waals surface area (Å²) in [5.74, 6) is -0.0366. The molecule has 0 saturated heterocycles. The molecule has 2 heterocycles. The van der Waals surface area contributed by atoms with Crippen LogP contribution in [0.5, 0.6) is 0 Å². The van der Waals surface area contributed by atoms with Crippen molar-refractivity contribution in [2.75, 3.05) is 16.8 Å². The lowest BCUT2D eigenvalue weighted by molar-refractivity contribution is -0.115. The number of rotatable bonds is 2. The van der Waals surface area contributed by atoms with Crippen molar-refractivity contribution in [3.8, 4) is 0 Å². The Morgan fingerprint density at radius 1 is 1.26 bits per heavy atom. The Morgan fingerprint density at radius 2 is 2.11 bits per heavy atom. The lowest BCUT2D eigenvalue weighted by Gasteiger charge is -2.31. The van der Waals surface area contributed by atoms with Crippen LogP contribution in [0.2, 0.25) is 0 Å². The van der Waals surface area contributed by atoms with Gasteiger partial charge in [-0.2, -0.15) is 0 Å². The van der Waals surface area contributed by atoms with Gasteiger partial charge in [-0.25, -0.2) is 0 Å². The number of nitrogens with one attached hydrogen (secondary N) is 1. The molecular formula is C14H14N4O. The van der Waals surface area contributed by atoms with Gasteiger partial charge in [0.1, 0.15) is 6.54 Å². The Balaban J connectivity index is 2.13. The maximum absolute atomic E-state index is 11.8. The summed E-state index contributed by atoms with van der Waals surface area (Å²) in [6, 6.07) is 9.59. The minimum absolute atomic E-state index is 0.0366. The Morgan fingerprint density at radius 3 is 2.95 bits per heavy atom. The molecule has 0 unspecified atom stereocenters. The van der Waals surface area contributed by atoms with Gasteiger partial charge < -0.3 is 16.0 Å². The van der Waals surface area contributed by atoms with Gasteiger partial charge in [0.05, 0.1) is 23.3 Å². The molecule has 1 aromatic heterocycles. The van der Waals surface area contributed by atoms with E-state index in [0.717, 1.165) is 22.6 Å². The van der Waals surface area contributed by atoms with Crippen molar-refractivity contribution < 1.29 is 4.79 Å². The van der Waals surface area contributed by atoms with Crippen molar-refractivity contribution in [2.24, 2.45) is 5.73 Å². The van der Waals surface area contributed by atoms with E-state index in [2.05, 4.69) is 10.3 Å². The van der Waals surface area contributed by atoms with Crippen molar-refractivity contribution in [3.05, 3.63) is 48.3 Å². The molecule has 0 atom stereocenters. The van der Waals surface area contributed by atoms with E-state index in [0.29, 0.717) is 6.54 Å². The van der Waals surface area contributed by atoms with Gasteiger partial charge in [0.15, 0.2) is 0 Å². The van der Waals surface area contributed by atoms with Gasteiger partial charge >= 0.3 is 0 Å². The minimum atomic E-state index is -0.0366. The zero-order chi connectivity index (χ0) is 13.2. The smallest absolute Gasteiger partial charge is 0.244 e. The standard InChI is InChI=1S/C14H14N4O/c15-7-10-5-6-16-8-13(10)18-9-14(19)17-11-3-1-2-4-12(11)18/h1-6,8H,7,9,15H2,(H,17,19). The summed E-state index contributed by atoms with van der Waals surface area (Å²) in [7, 11) is 0. The molecule has 0 saturated carbocycles. The number of aromatic nitrogens is 1. The third-order valence-electron chi connectivity index (χ3n) is 3.17. The van der Waals surface area contributed by atoms with Crippen molar-refractivity contribution >= 4 is 23.0 Å². The van der Waals surface area contributed by atoms with Crippen LogP contribution in [-0.2, 0) is 11.3 Å². The van der Waals surface area contributed by atoms with E-state index in [-0.39, 0.29) is 12.5 Å². The average Bonchev–Trinajstić information content (AvgIpc) is 2.46. The number of nitrogens with two attached hydrogens (primary N) is 1. The minimum Gasteiger partial charge on any atom is -0.329 e. The van der Waals surface area contributed by atoms with Crippen LogP contribution in [0.25, 0.3) is 0 Å². The van der Waals surface area contributed by atoms with Crippen molar-refractivity contribution in [2.45, 2.75) is 6.54 Å². The third kappa shape index (κ3) is 2.04. The summed E-state index contributed by atoms with van der Waals surface area (Å²) >= 11 is 0. The number of para-hydroxylation sites is 2. The van der Waals surface area contributed by atoms with E-state index in [1.54, 1.807) is 12.4 Å². The molecule has 5 nitrogen and oxygen atoms in total. The first-order valence-corrected chi connectivity index (χ1v) is 6.09. The molecule has 1 aliphatic heterocycles. The van der Waals surface area contributed by atoms with Crippen LogP contribution < -0.4 is 16.0 Å². The van der Waals surface area contributed by atoms with Crippen LogP contribution in [0.15, 0.2) is 42.7 Å². The van der Waals surface area contributed by atoms with E-state index in [4.69, 9.17) is 5.73 Å². The summed E-state index contributed by atoms with van der Waals surface area (Å²) < 4.78 is 0. The molecule has 1 aliphatic rings. The first-order chi connectivity index (χ1) is 9.29. The summed E-state index contributed by atoms with van der Waals surface area (Å²) in [6.45, 7) is 0.688. The first-order valence-electron chi connectivity index (χ1n) is 6.09. The molecule has 0 aliphatic carbocycles. The molecule has 1 amide bonds. The number of carbonyl (C=O) groups excluding carboxylic acids is 1. The fourth-order valence-corrected chi connectivity index (χ4v) is 2.28. The molecule has 2 aromatic rings. The normalized spacial score (nSPS) is 13.9. The number of amides is 1. The van der Waals surface area contributed by atoms with Crippen molar-refractivity contribution in [1.82, 2.24) is 4.98 Å². The third-order valence-corrected chi connectivity index (χ3v) is 3.17. The van der Waals surface area contributed by atoms with Gasteiger partial charge in [-0.05, 0) is 23.8 Å². The zero-order valence-corrected chi connectivity index (χ0v) is 10.3. The Kier molecular flexibility index (Phi) is 2.89. The summed E-state index contributed by atoms with van der Waals surface area (Å²) in [4.78, 5) is 17.9. The van der Waals surface area contributed by atoms with E-state index in [1.807, 2.05) is 35.2 Å². The van der Waals surface area contributed by atoms with Crippen LogP contribution >= 0.6 is 0 Å². The highest BCUT2D eigenvalue weighted by Gasteiger charge is 2.24. The Labute approximate surface area is 111 Å². The molecule has 3 rings (SSSR count). The van der Waals surface area contributed by atoms with Crippen molar-refractivity contribution in [3.63, 3.8) is 0 Å². The Bertz CT molecular complexity index is 626. The molecular weight excluding hydrogens is 240 g/mol. The highest BCUT2D eigenvalue weighted by molar-refractivity contribution is 6.03. The number of hydrogen-bond donors (Lipinski definition) is 2. The molecule has 0 fully saturated rings. The van der Waals surface area contributed by atoms with E-state index < -0.39 is 0 Å². The Hall–Kier alpha value is -2.40. The zero-order valence-electron chi connectivity index (χ0n) is 10.3. The molecule has 5 heteroatoms. The second kappa shape index (κ2) is 4.70. The fourth-order valence-electron chi connectivity index (χ4n) is 2.28. The lowest BCUT2D eigenvalue weighted by atomic mass is 10.1. The number of anilines is 3. The maximum Gasteiger partial charge on any atom is 0.244 e. The predicted octanol–water partition coefficient (Wildman–Crippen LogP) is 1.63. The number of fused-ring (bicyclic) bond motifs is 1. The van der Waals surface area contributed by atoms with Gasteiger partial charge in [0.2, 0.25) is 5.91 Å². The number of nitrogens with zero attached hydrogens (tertiary/aromatic N) is 2. The van der Waals surface area contributed by atoms with E-state index in [1.165, 1.54) is 0 Å². The van der Waals surface area contributed by atoms with Gasteiger partial charge in [0.25, 0.3) is 0 Å². The van der Waals surface area contributed by atoms with Gasteiger partial charge in [0, 0.05) is 12.7 Å². The van der Waals surface area contributed by atoms with Crippen LogP contribution in [0, 0.1) is 0 Å². The topological polar surface area (TPSA) is 71.2 Å². The molecule has 19 heavy (non-hydrogen) atoms. The van der Waals surface area contributed by atoms with Gasteiger partial charge in [-0.1, -0.05) is 12.1 Å². The molecule has 0 radical (unpaired) electrons. The highest BCUT2D eigenvalue weighted by atomic mass is 16.2. The van der Waals surface area contributed by atoms with Crippen molar-refractivity contribution in [1.29, 1.82) is 0 Å². The maximum atomic E-state index is 11.8. The number of carbonyl (C=O) groups is 1. The number of benzene rings is 1. The second-order valence-electron chi connectivity index (χ2n) is 4.36. The predicted molar refractivity (Wildman–Crippen MR) is 74.2 cm³/mol. The average molecular weight is 254 g/mol. The largest absolute Gasteiger partial charge is 0.329 e. The number of hydrogen-bond acceptors (Lipinski definition) is 4. The SMILES string of the molecule is NCc1ccncc1N1CC(=O)Nc2ccccc21. The summed E-state index contributed by atoms with van der Waals surface area (Å²) in [5.41, 5.74) is 9.38. The van der Waals surface area contributed by atoms with Gasteiger partial charge in [-0.15, -0.1) is 0 Å². The second-order valence-corrected chi connectivity index (χ2v) is 4.36. The summed E-state index contributed by atoms with van der Waals surface area (Å²) in [5, 5.41) is 2.86. The molecule has 1 aromatic carbocycles. The van der Waals surface area contributed by atoms with E-state index in [9.17, 15) is 4.79 Å². The van der Waals surface area contributed by atoms with E-state index >= 15 is 0 Å². The van der Waals surface area contributed by atoms with Crippen LogP contribution in [-0.4, -0.2) is 17.4 Å². The lowest BCUT2D eigenvalue weighted by Crippen LogP contribution is -2.35. The monoisotopic (exact) mass is 254 g/mol. The summed E-state index contributed by atoms with van der Waals surface area (Å²) in [6.07, 6.45) is 3.46. The molecule has 0 bridgehead atoms. The van der Waals surface area contributed by atoms with Crippen LogP contribution in [0.4, 0.5) is 17.1 Å². The van der Waals surface area contributed by atoms with Crippen LogP contribution in [0.3, 0.4) is 0 Å². The highest BCUT2D eigenvalue weighted by Crippen LogP contribution is 2.35. The molecule has 0 spiro atoms. The molecule has 3 N–H and O–H groups in total. The molecule has 96 valence electrons. The number of pyridine rings is 1. The van der Waals surface area contributed by atoms with Gasteiger partial charge in [-0.3, -0.25) is 9.78 Å². The quantitative estimate of drug-likeness (QED) is 0.854. The fraction of sp³-hybridized carbons (Fsp3) is 0.143.